The minimum Gasteiger partial charge on any atom is -0.493 e. The van der Waals surface area contributed by atoms with E-state index in [2.05, 4.69) is 53.1 Å². The zero-order valence-corrected chi connectivity index (χ0v) is 25.4. The SMILES string of the molecule is CCCCOC(=O)C1=C(C)Nc2nc(SCCC)nn2C1c1cc(Br)c(OCc2ccccc2C)c(OC)c1. The van der Waals surface area contributed by atoms with E-state index >= 15 is 0 Å². The Labute approximate surface area is 242 Å². The van der Waals surface area contributed by atoms with Gasteiger partial charge in [-0.25, -0.2) is 9.48 Å². The second kappa shape index (κ2) is 13.4. The molecule has 1 aromatic heterocycles. The lowest BCUT2D eigenvalue weighted by molar-refractivity contribution is -0.139. The van der Waals surface area contributed by atoms with Crippen LogP contribution >= 0.6 is 27.7 Å². The number of nitrogens with one attached hydrogen (secondary N) is 1. The highest BCUT2D eigenvalue weighted by Crippen LogP contribution is 2.43. The summed E-state index contributed by atoms with van der Waals surface area (Å²) in [5.74, 6) is 2.24. The number of anilines is 1. The van der Waals surface area contributed by atoms with Crippen molar-refractivity contribution in [3.8, 4) is 11.5 Å². The minimum absolute atomic E-state index is 0.360. The topological polar surface area (TPSA) is 87.5 Å². The molecule has 0 saturated carbocycles. The molecule has 1 aliphatic rings. The van der Waals surface area contributed by atoms with E-state index in [9.17, 15) is 4.79 Å². The number of methoxy groups -OCH3 is 1. The number of fused-ring (bicyclic) bond motifs is 1. The highest BCUT2D eigenvalue weighted by Gasteiger charge is 2.36. The number of aromatic nitrogens is 3. The van der Waals surface area contributed by atoms with Gasteiger partial charge in [-0.2, -0.15) is 4.98 Å². The van der Waals surface area contributed by atoms with Gasteiger partial charge in [0.1, 0.15) is 12.6 Å². The monoisotopic (exact) mass is 614 g/mol. The van der Waals surface area contributed by atoms with E-state index in [0.29, 0.717) is 51.6 Å². The van der Waals surface area contributed by atoms with Gasteiger partial charge in [-0.15, -0.1) is 5.10 Å². The van der Waals surface area contributed by atoms with Crippen molar-refractivity contribution in [3.05, 3.63) is 68.8 Å². The van der Waals surface area contributed by atoms with Gasteiger partial charge in [0, 0.05) is 11.4 Å². The van der Waals surface area contributed by atoms with E-state index in [1.54, 1.807) is 23.6 Å². The number of nitrogens with zero attached hydrogens (tertiary/aromatic N) is 3. The molecule has 0 saturated heterocycles. The number of benzene rings is 2. The Morgan fingerprint density at radius 3 is 2.69 bits per heavy atom. The summed E-state index contributed by atoms with van der Waals surface area (Å²) in [4.78, 5) is 18.1. The summed E-state index contributed by atoms with van der Waals surface area (Å²) < 4.78 is 20.1. The van der Waals surface area contributed by atoms with Crippen LogP contribution in [0.4, 0.5) is 5.95 Å². The highest BCUT2D eigenvalue weighted by atomic mass is 79.9. The molecule has 0 aliphatic carbocycles. The van der Waals surface area contributed by atoms with Crippen LogP contribution in [-0.4, -0.2) is 40.2 Å². The van der Waals surface area contributed by atoms with Crippen molar-refractivity contribution in [2.45, 2.75) is 64.8 Å². The standard InChI is InChI=1S/C29H35BrN4O4S/c1-6-8-13-37-27(35)24-19(4)31-28-32-29(39-14-7-2)33-34(28)25(24)21-15-22(30)26(23(16-21)36-5)38-17-20-12-10-9-11-18(20)3/h9-12,15-16,25H,6-8,13-14,17H2,1-5H3,(H,31,32,33). The molecule has 2 aromatic carbocycles. The maximum atomic E-state index is 13.4. The summed E-state index contributed by atoms with van der Waals surface area (Å²) in [7, 11) is 1.61. The molecule has 0 fully saturated rings. The van der Waals surface area contributed by atoms with Crippen molar-refractivity contribution < 1.29 is 19.0 Å². The van der Waals surface area contributed by atoms with Gasteiger partial charge in [0.15, 0.2) is 11.5 Å². The molecule has 1 N–H and O–H groups in total. The van der Waals surface area contributed by atoms with Crippen LogP contribution in [0.5, 0.6) is 11.5 Å². The number of carbonyl (C=O) groups excluding carboxylic acids is 1. The first-order valence-electron chi connectivity index (χ1n) is 13.2. The van der Waals surface area contributed by atoms with E-state index < -0.39 is 6.04 Å². The molecule has 1 atom stereocenters. The number of allylic oxidation sites excluding steroid dienone is 1. The number of rotatable bonds is 12. The third-order valence-electron chi connectivity index (χ3n) is 6.42. The van der Waals surface area contributed by atoms with Crippen molar-refractivity contribution in [2.75, 3.05) is 24.8 Å². The molecule has 3 aromatic rings. The maximum absolute atomic E-state index is 13.4. The molecular formula is C29H35BrN4O4S. The Morgan fingerprint density at radius 1 is 1.18 bits per heavy atom. The average molecular weight is 616 g/mol. The largest absolute Gasteiger partial charge is 0.493 e. The Morgan fingerprint density at radius 2 is 1.97 bits per heavy atom. The number of hydrogen-bond acceptors (Lipinski definition) is 8. The summed E-state index contributed by atoms with van der Waals surface area (Å²) in [6.45, 7) is 8.86. The molecule has 0 amide bonds. The average Bonchev–Trinajstić information content (AvgIpc) is 3.33. The lowest BCUT2D eigenvalue weighted by Gasteiger charge is -2.29. The Kier molecular flexibility index (Phi) is 9.96. The first-order valence-corrected chi connectivity index (χ1v) is 14.9. The van der Waals surface area contributed by atoms with E-state index in [1.807, 2.05) is 37.3 Å². The zero-order valence-electron chi connectivity index (χ0n) is 23.0. The zero-order chi connectivity index (χ0) is 27.9. The summed E-state index contributed by atoms with van der Waals surface area (Å²) in [5, 5.41) is 8.70. The van der Waals surface area contributed by atoms with Gasteiger partial charge in [-0.3, -0.25) is 0 Å². The maximum Gasteiger partial charge on any atom is 0.338 e. The van der Waals surface area contributed by atoms with Crippen molar-refractivity contribution in [2.24, 2.45) is 0 Å². The number of hydrogen-bond donors (Lipinski definition) is 1. The quantitative estimate of drug-likeness (QED) is 0.132. The van der Waals surface area contributed by atoms with Crippen LogP contribution < -0.4 is 14.8 Å². The van der Waals surface area contributed by atoms with Crippen LogP contribution in [0, 0.1) is 6.92 Å². The molecule has 10 heteroatoms. The molecule has 8 nitrogen and oxygen atoms in total. The van der Waals surface area contributed by atoms with Crippen molar-refractivity contribution in [1.82, 2.24) is 14.8 Å². The van der Waals surface area contributed by atoms with Gasteiger partial charge < -0.3 is 19.5 Å². The van der Waals surface area contributed by atoms with Crippen molar-refractivity contribution in [1.29, 1.82) is 0 Å². The number of ether oxygens (including phenoxy) is 3. The summed E-state index contributed by atoms with van der Waals surface area (Å²) >= 11 is 5.28. The first kappa shape index (κ1) is 29.0. The number of esters is 1. The van der Waals surface area contributed by atoms with Crippen LogP contribution in [-0.2, 0) is 16.1 Å². The van der Waals surface area contributed by atoms with Gasteiger partial charge in [0.05, 0.1) is 23.8 Å². The van der Waals surface area contributed by atoms with E-state index in [0.717, 1.165) is 41.7 Å². The predicted octanol–water partition coefficient (Wildman–Crippen LogP) is 7.07. The minimum atomic E-state index is -0.561. The number of unbranched alkanes of at least 4 members (excludes halogenated alkanes) is 1. The molecule has 0 radical (unpaired) electrons. The fourth-order valence-electron chi connectivity index (χ4n) is 4.31. The van der Waals surface area contributed by atoms with Gasteiger partial charge in [0.2, 0.25) is 11.1 Å². The van der Waals surface area contributed by atoms with Gasteiger partial charge in [0.25, 0.3) is 0 Å². The predicted molar refractivity (Wildman–Crippen MR) is 158 cm³/mol. The number of carbonyl (C=O) groups is 1. The van der Waals surface area contributed by atoms with Crippen molar-refractivity contribution >= 4 is 39.6 Å². The van der Waals surface area contributed by atoms with Crippen LogP contribution in [0.2, 0.25) is 0 Å². The number of halogens is 1. The van der Waals surface area contributed by atoms with E-state index in [4.69, 9.17) is 19.3 Å². The smallest absolute Gasteiger partial charge is 0.338 e. The number of aryl methyl sites for hydroxylation is 1. The lowest BCUT2D eigenvalue weighted by atomic mass is 9.95. The van der Waals surface area contributed by atoms with Gasteiger partial charge >= 0.3 is 5.97 Å². The molecule has 2 heterocycles. The lowest BCUT2D eigenvalue weighted by Crippen LogP contribution is -2.30. The summed E-state index contributed by atoms with van der Waals surface area (Å²) in [6, 6.07) is 11.4. The fourth-order valence-corrected chi connectivity index (χ4v) is 5.56. The Hall–Kier alpha value is -2.98. The van der Waals surface area contributed by atoms with E-state index in [1.165, 1.54) is 0 Å². The molecular weight excluding hydrogens is 580 g/mol. The molecule has 1 aliphatic heterocycles. The van der Waals surface area contributed by atoms with Crippen LogP contribution in [0.1, 0.15) is 62.8 Å². The fraction of sp³-hybridized carbons (Fsp3) is 0.414. The molecule has 0 bridgehead atoms. The third kappa shape index (κ3) is 6.61. The van der Waals surface area contributed by atoms with Crippen molar-refractivity contribution in [3.63, 3.8) is 0 Å². The van der Waals surface area contributed by atoms with Crippen LogP contribution in [0.15, 0.2) is 57.3 Å². The molecule has 39 heavy (non-hydrogen) atoms. The van der Waals surface area contributed by atoms with Crippen LogP contribution in [0.3, 0.4) is 0 Å². The Bertz CT molecular complexity index is 1360. The van der Waals surface area contributed by atoms with Gasteiger partial charge in [-0.1, -0.05) is 56.3 Å². The molecule has 4 rings (SSSR count). The normalized spacial score (nSPS) is 14.6. The second-order valence-electron chi connectivity index (χ2n) is 9.32. The summed E-state index contributed by atoms with van der Waals surface area (Å²) in [6.07, 6.45) is 2.74. The van der Waals surface area contributed by atoms with Gasteiger partial charge in [-0.05, 0) is 71.4 Å². The van der Waals surface area contributed by atoms with E-state index in [-0.39, 0.29) is 5.97 Å². The molecule has 1 unspecified atom stereocenters. The highest BCUT2D eigenvalue weighted by molar-refractivity contribution is 9.10. The molecule has 208 valence electrons. The van der Waals surface area contributed by atoms with Crippen LogP contribution in [0.25, 0.3) is 0 Å². The summed E-state index contributed by atoms with van der Waals surface area (Å²) in [5.41, 5.74) is 4.21. The number of thioether (sulfide) groups is 1. The first-order chi connectivity index (χ1) is 18.9. The third-order valence-corrected chi connectivity index (χ3v) is 8.05. The molecule has 0 spiro atoms. The second-order valence-corrected chi connectivity index (χ2v) is 11.2. The Balaban J connectivity index is 1.74.